The second-order valence-electron chi connectivity index (χ2n) is 7.40. The predicted molar refractivity (Wildman–Crippen MR) is 109 cm³/mol. The van der Waals surface area contributed by atoms with Crippen LogP contribution in [0.3, 0.4) is 0 Å². The first-order valence-corrected chi connectivity index (χ1v) is 9.75. The van der Waals surface area contributed by atoms with E-state index in [1.165, 1.54) is 5.56 Å². The largest absolute Gasteiger partial charge is 0.395 e. The Balaban J connectivity index is 1.57. The summed E-state index contributed by atoms with van der Waals surface area (Å²) in [6.07, 6.45) is 3.98. The maximum Gasteiger partial charge on any atom is 0.0695 e. The van der Waals surface area contributed by atoms with Crippen molar-refractivity contribution < 1.29 is 5.11 Å². The van der Waals surface area contributed by atoms with Crippen molar-refractivity contribution in [2.24, 2.45) is 0 Å². The molecule has 3 aromatic rings. The van der Waals surface area contributed by atoms with Crippen LogP contribution in [0.4, 0.5) is 0 Å². The fraction of sp³-hybridized carbons (Fsp3) is 0.318. The summed E-state index contributed by atoms with van der Waals surface area (Å²) in [5, 5.41) is 18.3. The van der Waals surface area contributed by atoms with Crippen molar-refractivity contribution >= 4 is 11.6 Å². The molecule has 0 spiro atoms. The highest BCUT2D eigenvalue weighted by molar-refractivity contribution is 6.30. The van der Waals surface area contributed by atoms with E-state index in [-0.39, 0.29) is 12.0 Å². The van der Waals surface area contributed by atoms with Gasteiger partial charge in [-0.3, -0.25) is 10.00 Å². The standard InChI is InChI=1S/C22H24ClN3O/c23-20-9-4-6-17(12-20)21-18(13-24-25-21)14-26-11-5-10-22(15-26,16-27)19-7-2-1-3-8-19/h1-4,6-9,12-13,27H,5,10-11,14-16H2,(H,24,25). The zero-order valence-corrected chi connectivity index (χ0v) is 16.0. The monoisotopic (exact) mass is 381 g/mol. The first-order chi connectivity index (χ1) is 13.2. The van der Waals surface area contributed by atoms with Crippen molar-refractivity contribution in [3.05, 3.63) is 76.9 Å². The predicted octanol–water partition coefficient (Wildman–Crippen LogP) is 4.26. The third kappa shape index (κ3) is 3.79. The number of likely N-dealkylation sites (tertiary alicyclic amines) is 1. The molecule has 1 aromatic heterocycles. The zero-order chi connectivity index (χ0) is 18.7. The molecule has 0 saturated carbocycles. The molecule has 140 valence electrons. The fourth-order valence-corrected chi connectivity index (χ4v) is 4.37. The van der Waals surface area contributed by atoms with Crippen LogP contribution in [0.5, 0.6) is 0 Å². The highest BCUT2D eigenvalue weighted by atomic mass is 35.5. The van der Waals surface area contributed by atoms with Gasteiger partial charge in [0.1, 0.15) is 0 Å². The number of aliphatic hydroxyl groups is 1. The van der Waals surface area contributed by atoms with Gasteiger partial charge in [-0.1, -0.05) is 54.1 Å². The summed E-state index contributed by atoms with van der Waals surface area (Å²) in [5.74, 6) is 0. The number of nitrogens with one attached hydrogen (secondary N) is 1. The minimum absolute atomic E-state index is 0.167. The molecular weight excluding hydrogens is 358 g/mol. The van der Waals surface area contributed by atoms with Crippen molar-refractivity contribution in [2.75, 3.05) is 19.7 Å². The molecule has 1 fully saturated rings. The minimum Gasteiger partial charge on any atom is -0.395 e. The van der Waals surface area contributed by atoms with Crippen LogP contribution in [-0.4, -0.2) is 39.9 Å². The summed E-state index contributed by atoms with van der Waals surface area (Å²) >= 11 is 6.16. The van der Waals surface area contributed by atoms with Gasteiger partial charge < -0.3 is 5.11 Å². The fourth-order valence-electron chi connectivity index (χ4n) is 4.18. The van der Waals surface area contributed by atoms with Crippen LogP contribution in [0.2, 0.25) is 5.02 Å². The maximum atomic E-state index is 10.2. The molecule has 2 N–H and O–H groups in total. The van der Waals surface area contributed by atoms with Crippen molar-refractivity contribution in [1.29, 1.82) is 0 Å². The van der Waals surface area contributed by atoms with Gasteiger partial charge in [-0.15, -0.1) is 0 Å². The van der Waals surface area contributed by atoms with E-state index in [1.807, 2.05) is 36.5 Å². The number of halogens is 1. The number of H-pyrrole nitrogens is 1. The molecule has 1 atom stereocenters. The number of aliphatic hydroxyl groups excluding tert-OH is 1. The van der Waals surface area contributed by atoms with Crippen LogP contribution in [0, 0.1) is 0 Å². The highest BCUT2D eigenvalue weighted by Gasteiger charge is 2.36. The second-order valence-corrected chi connectivity index (χ2v) is 7.84. The van der Waals surface area contributed by atoms with E-state index in [0.29, 0.717) is 0 Å². The van der Waals surface area contributed by atoms with E-state index < -0.39 is 0 Å². The van der Waals surface area contributed by atoms with Gasteiger partial charge in [0, 0.05) is 34.7 Å². The van der Waals surface area contributed by atoms with Crippen LogP contribution in [-0.2, 0) is 12.0 Å². The van der Waals surface area contributed by atoms with Crippen molar-refractivity contribution in [2.45, 2.75) is 24.8 Å². The van der Waals surface area contributed by atoms with Gasteiger partial charge in [-0.25, -0.2) is 0 Å². The Morgan fingerprint density at radius 2 is 2.00 bits per heavy atom. The zero-order valence-electron chi connectivity index (χ0n) is 15.2. The first kappa shape index (κ1) is 18.2. The number of aromatic nitrogens is 2. The molecule has 2 heterocycles. The summed E-state index contributed by atoms with van der Waals surface area (Å²) in [6.45, 7) is 2.83. The molecular formula is C22H24ClN3O. The number of benzene rings is 2. The molecule has 2 aromatic carbocycles. The Bertz CT molecular complexity index is 895. The lowest BCUT2D eigenvalue weighted by molar-refractivity contribution is 0.0851. The Morgan fingerprint density at radius 3 is 2.78 bits per heavy atom. The van der Waals surface area contributed by atoms with Crippen LogP contribution < -0.4 is 0 Å². The molecule has 1 aliphatic heterocycles. The molecule has 4 rings (SSSR count). The topological polar surface area (TPSA) is 52.1 Å². The second kappa shape index (κ2) is 7.85. The maximum absolute atomic E-state index is 10.2. The van der Waals surface area contributed by atoms with Crippen LogP contribution in [0.1, 0.15) is 24.0 Å². The molecule has 0 bridgehead atoms. The number of aromatic amines is 1. The lowest BCUT2D eigenvalue weighted by atomic mass is 9.74. The van der Waals surface area contributed by atoms with E-state index >= 15 is 0 Å². The van der Waals surface area contributed by atoms with Crippen molar-refractivity contribution in [1.82, 2.24) is 15.1 Å². The van der Waals surface area contributed by atoms with Crippen LogP contribution in [0.25, 0.3) is 11.3 Å². The van der Waals surface area contributed by atoms with Crippen molar-refractivity contribution in [3.8, 4) is 11.3 Å². The number of piperidine rings is 1. The summed E-state index contributed by atoms with van der Waals surface area (Å²) in [7, 11) is 0. The van der Waals surface area contributed by atoms with E-state index in [9.17, 15) is 5.11 Å². The summed E-state index contributed by atoms with van der Waals surface area (Å²) in [4.78, 5) is 2.42. The van der Waals surface area contributed by atoms with Crippen LogP contribution in [0.15, 0.2) is 60.8 Å². The van der Waals surface area contributed by atoms with E-state index in [2.05, 4.69) is 39.4 Å². The van der Waals surface area contributed by atoms with E-state index in [1.54, 1.807) is 0 Å². The third-order valence-corrected chi connectivity index (χ3v) is 5.80. The normalized spacial score (nSPS) is 20.7. The molecule has 1 aliphatic rings. The van der Waals surface area contributed by atoms with E-state index in [0.717, 1.165) is 54.3 Å². The van der Waals surface area contributed by atoms with Gasteiger partial charge in [-0.05, 0) is 37.1 Å². The Hall–Kier alpha value is -2.14. The minimum atomic E-state index is -0.195. The quantitative estimate of drug-likeness (QED) is 0.694. The molecule has 1 saturated heterocycles. The lowest BCUT2D eigenvalue weighted by Crippen LogP contribution is -2.48. The van der Waals surface area contributed by atoms with E-state index in [4.69, 9.17) is 11.6 Å². The van der Waals surface area contributed by atoms with Gasteiger partial charge in [0.05, 0.1) is 18.5 Å². The number of hydrogen-bond donors (Lipinski definition) is 2. The van der Waals surface area contributed by atoms with Gasteiger partial charge >= 0.3 is 0 Å². The van der Waals surface area contributed by atoms with Crippen LogP contribution >= 0.6 is 11.6 Å². The third-order valence-electron chi connectivity index (χ3n) is 5.57. The highest BCUT2D eigenvalue weighted by Crippen LogP contribution is 2.35. The number of hydrogen-bond acceptors (Lipinski definition) is 3. The average molecular weight is 382 g/mol. The smallest absolute Gasteiger partial charge is 0.0695 e. The summed E-state index contributed by atoms with van der Waals surface area (Å²) in [6, 6.07) is 18.2. The summed E-state index contributed by atoms with van der Waals surface area (Å²) < 4.78 is 0. The number of nitrogens with zero attached hydrogens (tertiary/aromatic N) is 2. The van der Waals surface area contributed by atoms with Gasteiger partial charge in [0.25, 0.3) is 0 Å². The number of rotatable bonds is 5. The molecule has 1 unspecified atom stereocenters. The Labute approximate surface area is 164 Å². The molecule has 0 radical (unpaired) electrons. The van der Waals surface area contributed by atoms with Gasteiger partial charge in [-0.2, -0.15) is 5.10 Å². The van der Waals surface area contributed by atoms with Crippen molar-refractivity contribution in [3.63, 3.8) is 0 Å². The molecule has 0 aliphatic carbocycles. The molecule has 27 heavy (non-hydrogen) atoms. The van der Waals surface area contributed by atoms with Gasteiger partial charge in [0.15, 0.2) is 0 Å². The molecule has 0 amide bonds. The lowest BCUT2D eigenvalue weighted by Gasteiger charge is -2.42. The average Bonchev–Trinajstić information content (AvgIpc) is 3.17. The van der Waals surface area contributed by atoms with Gasteiger partial charge in [0.2, 0.25) is 0 Å². The SMILES string of the molecule is OCC1(c2ccccc2)CCCN(Cc2cn[nH]c2-c2cccc(Cl)c2)C1. The molecule has 4 nitrogen and oxygen atoms in total. The first-order valence-electron chi connectivity index (χ1n) is 9.37. The summed E-state index contributed by atoms with van der Waals surface area (Å²) in [5.41, 5.74) is 4.24. The Morgan fingerprint density at radius 1 is 1.15 bits per heavy atom. The molecule has 5 heteroatoms. The Kier molecular flexibility index (Phi) is 5.30.